The zero-order valence-electron chi connectivity index (χ0n) is 13.0. The molecular formula is C16H20N4O2S. The quantitative estimate of drug-likeness (QED) is 0.874. The lowest BCUT2D eigenvalue weighted by atomic mass is 10.1. The number of nitrogens with zero attached hydrogens (tertiary/aromatic N) is 2. The van der Waals surface area contributed by atoms with Crippen molar-refractivity contribution in [2.75, 3.05) is 22.1 Å². The van der Waals surface area contributed by atoms with Gasteiger partial charge in [0.2, 0.25) is 5.95 Å². The molecule has 0 radical (unpaired) electrons. The largest absolute Gasteiger partial charge is 0.366 e. The molecule has 2 aromatic rings. The van der Waals surface area contributed by atoms with Crippen LogP contribution in [0, 0.1) is 0 Å². The number of sulfone groups is 1. The highest BCUT2D eigenvalue weighted by atomic mass is 32.2. The summed E-state index contributed by atoms with van der Waals surface area (Å²) in [5.41, 5.74) is 2.17. The molecular weight excluding hydrogens is 312 g/mol. The van der Waals surface area contributed by atoms with Crippen LogP contribution in [0.2, 0.25) is 0 Å². The van der Waals surface area contributed by atoms with Gasteiger partial charge in [-0.1, -0.05) is 25.1 Å². The van der Waals surface area contributed by atoms with Gasteiger partial charge in [0, 0.05) is 17.9 Å². The van der Waals surface area contributed by atoms with E-state index >= 15 is 0 Å². The first kappa shape index (κ1) is 15.7. The van der Waals surface area contributed by atoms with E-state index in [0.717, 1.165) is 12.1 Å². The zero-order chi connectivity index (χ0) is 16.3. The molecule has 23 heavy (non-hydrogen) atoms. The van der Waals surface area contributed by atoms with E-state index in [2.05, 4.69) is 33.6 Å². The van der Waals surface area contributed by atoms with Gasteiger partial charge in [0.05, 0.1) is 11.5 Å². The Morgan fingerprint density at radius 2 is 2.09 bits per heavy atom. The van der Waals surface area contributed by atoms with Gasteiger partial charge in [-0.25, -0.2) is 13.4 Å². The molecule has 1 atom stereocenters. The summed E-state index contributed by atoms with van der Waals surface area (Å²) in [7, 11) is -2.90. The highest BCUT2D eigenvalue weighted by molar-refractivity contribution is 7.91. The Kier molecular flexibility index (Phi) is 4.47. The van der Waals surface area contributed by atoms with Crippen LogP contribution >= 0.6 is 0 Å². The molecule has 1 aliphatic rings. The van der Waals surface area contributed by atoms with Crippen LogP contribution in [-0.2, 0) is 16.3 Å². The van der Waals surface area contributed by atoms with Crippen LogP contribution in [0.4, 0.5) is 17.5 Å². The minimum absolute atomic E-state index is 0.0781. The monoisotopic (exact) mass is 332 g/mol. The van der Waals surface area contributed by atoms with Gasteiger partial charge < -0.3 is 10.6 Å². The first-order valence-electron chi connectivity index (χ1n) is 7.70. The minimum atomic E-state index is -2.90. The number of benzene rings is 1. The summed E-state index contributed by atoms with van der Waals surface area (Å²) in [4.78, 5) is 8.66. The fourth-order valence-corrected chi connectivity index (χ4v) is 4.36. The molecule has 3 rings (SSSR count). The lowest BCUT2D eigenvalue weighted by Gasteiger charge is -2.13. The van der Waals surface area contributed by atoms with Gasteiger partial charge in [-0.05, 0) is 30.5 Å². The summed E-state index contributed by atoms with van der Waals surface area (Å²) in [5.74, 6) is 1.54. The number of nitrogens with one attached hydrogen (secondary N) is 2. The van der Waals surface area contributed by atoms with Gasteiger partial charge in [0.15, 0.2) is 9.84 Å². The summed E-state index contributed by atoms with van der Waals surface area (Å²) in [5, 5.41) is 6.41. The average molecular weight is 332 g/mol. The third-order valence-corrected chi connectivity index (χ3v) is 5.65. The van der Waals surface area contributed by atoms with Crippen LogP contribution in [0.15, 0.2) is 36.5 Å². The number of hydrogen-bond donors (Lipinski definition) is 2. The van der Waals surface area contributed by atoms with Gasteiger partial charge in [-0.15, -0.1) is 0 Å². The molecule has 1 saturated heterocycles. The Balaban J connectivity index is 1.73. The summed E-state index contributed by atoms with van der Waals surface area (Å²) in [6.45, 7) is 2.10. The molecule has 1 unspecified atom stereocenters. The standard InChI is InChI=1S/C16H20N4O2S/c1-2-12-5-3-4-6-14(12)19-16-17-9-7-15(20-16)18-13-8-10-23(21,22)11-13/h3-7,9,13H,2,8,10-11H2,1H3,(H2,17,18,19,20). The van der Waals surface area contributed by atoms with Crippen molar-refractivity contribution in [2.24, 2.45) is 0 Å². The van der Waals surface area contributed by atoms with Crippen molar-refractivity contribution in [1.82, 2.24) is 9.97 Å². The lowest BCUT2D eigenvalue weighted by molar-refractivity contribution is 0.602. The minimum Gasteiger partial charge on any atom is -0.366 e. The molecule has 1 aliphatic heterocycles. The third kappa shape index (κ3) is 3.98. The second kappa shape index (κ2) is 6.54. The molecule has 0 amide bonds. The molecule has 0 aliphatic carbocycles. The molecule has 6 nitrogen and oxygen atoms in total. The van der Waals surface area contributed by atoms with Crippen molar-refractivity contribution in [3.63, 3.8) is 0 Å². The number of rotatable bonds is 5. The first-order valence-corrected chi connectivity index (χ1v) is 9.53. The molecule has 0 saturated carbocycles. The SMILES string of the molecule is CCc1ccccc1Nc1nccc(NC2CCS(=O)(=O)C2)n1. The van der Waals surface area contributed by atoms with Crippen molar-refractivity contribution in [2.45, 2.75) is 25.8 Å². The predicted octanol–water partition coefficient (Wildman–Crippen LogP) is 2.38. The van der Waals surface area contributed by atoms with Gasteiger partial charge >= 0.3 is 0 Å². The number of aromatic nitrogens is 2. The van der Waals surface area contributed by atoms with Gasteiger partial charge in [0.25, 0.3) is 0 Å². The Bertz CT molecular complexity index is 792. The maximum absolute atomic E-state index is 11.5. The molecule has 2 heterocycles. The Morgan fingerprint density at radius 3 is 2.83 bits per heavy atom. The Hall–Kier alpha value is -2.15. The fourth-order valence-electron chi connectivity index (χ4n) is 2.69. The third-order valence-electron chi connectivity index (χ3n) is 3.88. The van der Waals surface area contributed by atoms with E-state index < -0.39 is 9.84 Å². The Morgan fingerprint density at radius 1 is 1.26 bits per heavy atom. The van der Waals surface area contributed by atoms with Crippen LogP contribution < -0.4 is 10.6 Å². The highest BCUT2D eigenvalue weighted by Gasteiger charge is 2.27. The van der Waals surface area contributed by atoms with Crippen LogP contribution in [0.25, 0.3) is 0 Å². The summed E-state index contributed by atoms with van der Waals surface area (Å²) in [6, 6.07) is 9.70. The number of hydrogen-bond acceptors (Lipinski definition) is 6. The lowest BCUT2D eigenvalue weighted by Crippen LogP contribution is -2.21. The van der Waals surface area contributed by atoms with E-state index in [9.17, 15) is 8.42 Å². The zero-order valence-corrected chi connectivity index (χ0v) is 13.8. The molecule has 0 bridgehead atoms. The van der Waals surface area contributed by atoms with Crippen LogP contribution in [-0.4, -0.2) is 35.9 Å². The van der Waals surface area contributed by atoms with E-state index in [1.165, 1.54) is 5.56 Å². The maximum atomic E-state index is 11.5. The van der Waals surface area contributed by atoms with Crippen molar-refractivity contribution in [3.05, 3.63) is 42.1 Å². The normalized spacial score (nSPS) is 19.4. The van der Waals surface area contributed by atoms with Gasteiger partial charge in [-0.2, -0.15) is 4.98 Å². The maximum Gasteiger partial charge on any atom is 0.229 e. The number of aryl methyl sites for hydroxylation is 1. The molecule has 0 spiro atoms. The molecule has 1 aromatic heterocycles. The van der Waals surface area contributed by atoms with E-state index in [4.69, 9.17) is 0 Å². The molecule has 122 valence electrons. The number of anilines is 3. The van der Waals surface area contributed by atoms with Crippen LogP contribution in [0.1, 0.15) is 18.9 Å². The second-order valence-corrected chi connectivity index (χ2v) is 7.87. The summed E-state index contributed by atoms with van der Waals surface area (Å²) >= 11 is 0. The first-order chi connectivity index (χ1) is 11.1. The van der Waals surface area contributed by atoms with Crippen LogP contribution in [0.3, 0.4) is 0 Å². The molecule has 2 N–H and O–H groups in total. The van der Waals surface area contributed by atoms with E-state index in [1.54, 1.807) is 12.3 Å². The summed E-state index contributed by atoms with van der Waals surface area (Å²) < 4.78 is 23.0. The molecule has 1 fully saturated rings. The van der Waals surface area contributed by atoms with E-state index in [-0.39, 0.29) is 17.5 Å². The number of para-hydroxylation sites is 1. The van der Waals surface area contributed by atoms with Gasteiger partial charge in [0.1, 0.15) is 5.82 Å². The summed E-state index contributed by atoms with van der Waals surface area (Å²) in [6.07, 6.45) is 3.20. The molecule has 7 heteroatoms. The van der Waals surface area contributed by atoms with Crippen molar-refractivity contribution in [3.8, 4) is 0 Å². The fraction of sp³-hybridized carbons (Fsp3) is 0.375. The van der Waals surface area contributed by atoms with Crippen LogP contribution in [0.5, 0.6) is 0 Å². The van der Waals surface area contributed by atoms with Crippen molar-refractivity contribution >= 4 is 27.3 Å². The second-order valence-electron chi connectivity index (χ2n) is 5.65. The van der Waals surface area contributed by atoms with Crippen molar-refractivity contribution in [1.29, 1.82) is 0 Å². The molecule has 1 aromatic carbocycles. The van der Waals surface area contributed by atoms with Crippen molar-refractivity contribution < 1.29 is 8.42 Å². The topological polar surface area (TPSA) is 84.0 Å². The highest BCUT2D eigenvalue weighted by Crippen LogP contribution is 2.21. The van der Waals surface area contributed by atoms with E-state index in [1.807, 2.05) is 18.2 Å². The Labute approximate surface area is 136 Å². The smallest absolute Gasteiger partial charge is 0.229 e. The average Bonchev–Trinajstić information content (AvgIpc) is 2.87. The van der Waals surface area contributed by atoms with E-state index in [0.29, 0.717) is 18.2 Å². The van der Waals surface area contributed by atoms with Gasteiger partial charge in [-0.3, -0.25) is 0 Å². The predicted molar refractivity (Wildman–Crippen MR) is 91.8 cm³/mol.